The van der Waals surface area contributed by atoms with Crippen LogP contribution in [0.3, 0.4) is 0 Å². The lowest BCUT2D eigenvalue weighted by Crippen LogP contribution is -2.35. The lowest BCUT2D eigenvalue weighted by atomic mass is 10.1. The zero-order chi connectivity index (χ0) is 21.1. The molecule has 1 aliphatic rings. The minimum atomic E-state index is -0.480. The lowest BCUT2D eigenvalue weighted by molar-refractivity contribution is 0.0998. The number of nitrogens with zero attached hydrogens (tertiary/aromatic N) is 1. The minimum Gasteiger partial charge on any atom is -0.378 e. The summed E-state index contributed by atoms with van der Waals surface area (Å²) < 4.78 is 5.49. The molecule has 0 radical (unpaired) electrons. The second kappa shape index (κ2) is 8.69. The number of amides is 2. The summed E-state index contributed by atoms with van der Waals surface area (Å²) in [6.07, 6.45) is 0. The standard InChI is InChI=1S/C23H23N3O3S/c1-15-13-17(7-8-18(15)21(24)27)25-22(28)20-14-19(16-5-3-2-4-6-16)23(30-20)26-9-11-29-12-10-26/h2-8,13-14H,9-12H2,1H3,(H2,24,27)(H,25,28). The number of carbonyl (C=O) groups is 2. The molecule has 1 aromatic heterocycles. The van der Waals surface area contributed by atoms with E-state index in [0.717, 1.165) is 34.8 Å². The van der Waals surface area contributed by atoms with E-state index in [4.69, 9.17) is 10.5 Å². The number of nitrogens with one attached hydrogen (secondary N) is 1. The average molecular weight is 422 g/mol. The quantitative estimate of drug-likeness (QED) is 0.654. The molecule has 2 amide bonds. The number of thiophene rings is 1. The van der Waals surface area contributed by atoms with Gasteiger partial charge in [0, 0.05) is 29.9 Å². The molecule has 0 spiro atoms. The van der Waals surface area contributed by atoms with E-state index in [1.54, 1.807) is 25.1 Å². The summed E-state index contributed by atoms with van der Waals surface area (Å²) >= 11 is 1.48. The molecular weight excluding hydrogens is 398 g/mol. The SMILES string of the molecule is Cc1cc(NC(=O)c2cc(-c3ccccc3)c(N3CCOCC3)s2)ccc1C(N)=O. The molecule has 0 atom stereocenters. The van der Waals surface area contributed by atoms with Crippen molar-refractivity contribution >= 4 is 33.8 Å². The highest BCUT2D eigenvalue weighted by atomic mass is 32.1. The number of morpholine rings is 1. The Hall–Kier alpha value is -3.16. The Morgan fingerprint density at radius 3 is 2.47 bits per heavy atom. The van der Waals surface area contributed by atoms with E-state index < -0.39 is 5.91 Å². The highest BCUT2D eigenvalue weighted by Crippen LogP contribution is 2.39. The van der Waals surface area contributed by atoms with E-state index in [0.29, 0.717) is 29.3 Å². The number of ether oxygens (including phenoxy) is 1. The zero-order valence-corrected chi connectivity index (χ0v) is 17.5. The zero-order valence-electron chi connectivity index (χ0n) is 16.7. The molecule has 0 bridgehead atoms. The molecule has 1 saturated heterocycles. The van der Waals surface area contributed by atoms with Gasteiger partial charge in [0.2, 0.25) is 5.91 Å². The van der Waals surface area contributed by atoms with E-state index in [2.05, 4.69) is 22.3 Å². The lowest BCUT2D eigenvalue weighted by Gasteiger charge is -2.28. The summed E-state index contributed by atoms with van der Waals surface area (Å²) in [5.74, 6) is -0.658. The van der Waals surface area contributed by atoms with E-state index in [1.165, 1.54) is 11.3 Å². The first-order valence-corrected chi connectivity index (χ1v) is 10.6. The number of hydrogen-bond acceptors (Lipinski definition) is 5. The molecule has 7 heteroatoms. The number of nitrogens with two attached hydrogens (primary N) is 1. The van der Waals surface area contributed by atoms with Gasteiger partial charge in [-0.15, -0.1) is 11.3 Å². The smallest absolute Gasteiger partial charge is 0.265 e. The van der Waals surface area contributed by atoms with Crippen LogP contribution in [0, 0.1) is 6.92 Å². The molecule has 0 saturated carbocycles. The van der Waals surface area contributed by atoms with Gasteiger partial charge in [0.05, 0.1) is 23.1 Å². The molecule has 0 unspecified atom stereocenters. The van der Waals surface area contributed by atoms with E-state index in [9.17, 15) is 9.59 Å². The van der Waals surface area contributed by atoms with Gasteiger partial charge in [-0.1, -0.05) is 30.3 Å². The molecule has 1 aliphatic heterocycles. The Labute approximate surface area is 179 Å². The highest BCUT2D eigenvalue weighted by Gasteiger charge is 2.22. The number of primary amides is 1. The van der Waals surface area contributed by atoms with Crippen LogP contribution < -0.4 is 16.0 Å². The fraction of sp³-hybridized carbons (Fsp3) is 0.217. The van der Waals surface area contributed by atoms with Gasteiger partial charge in [0.15, 0.2) is 0 Å². The molecule has 0 aliphatic carbocycles. The number of benzene rings is 2. The predicted molar refractivity (Wildman–Crippen MR) is 120 cm³/mol. The van der Waals surface area contributed by atoms with Crippen molar-refractivity contribution in [3.05, 3.63) is 70.6 Å². The molecule has 30 heavy (non-hydrogen) atoms. The van der Waals surface area contributed by atoms with Crippen molar-refractivity contribution in [2.24, 2.45) is 5.73 Å². The van der Waals surface area contributed by atoms with Crippen LogP contribution in [0.2, 0.25) is 0 Å². The summed E-state index contributed by atoms with van der Waals surface area (Å²) in [6, 6.07) is 17.1. The number of aryl methyl sites for hydroxylation is 1. The number of hydrogen-bond donors (Lipinski definition) is 2. The van der Waals surface area contributed by atoms with Crippen LogP contribution >= 0.6 is 11.3 Å². The molecule has 3 aromatic rings. The van der Waals surface area contributed by atoms with Crippen LogP contribution in [0.25, 0.3) is 11.1 Å². The Balaban J connectivity index is 1.63. The minimum absolute atomic E-state index is 0.178. The summed E-state index contributed by atoms with van der Waals surface area (Å²) in [5, 5.41) is 4.01. The Bertz CT molecular complexity index is 1070. The van der Waals surface area contributed by atoms with Crippen molar-refractivity contribution in [2.45, 2.75) is 6.92 Å². The second-order valence-electron chi connectivity index (χ2n) is 7.14. The van der Waals surface area contributed by atoms with Gasteiger partial charge in [-0.05, 0) is 42.3 Å². The van der Waals surface area contributed by atoms with Crippen molar-refractivity contribution in [1.29, 1.82) is 0 Å². The van der Waals surface area contributed by atoms with E-state index >= 15 is 0 Å². The van der Waals surface area contributed by atoms with Crippen molar-refractivity contribution in [3.8, 4) is 11.1 Å². The Morgan fingerprint density at radius 2 is 1.80 bits per heavy atom. The number of carbonyl (C=O) groups excluding carboxylic acids is 2. The van der Waals surface area contributed by atoms with Gasteiger partial charge in [-0.25, -0.2) is 0 Å². The van der Waals surface area contributed by atoms with Gasteiger partial charge < -0.3 is 20.7 Å². The third kappa shape index (κ3) is 4.22. The molecule has 6 nitrogen and oxygen atoms in total. The van der Waals surface area contributed by atoms with Crippen LogP contribution in [0.5, 0.6) is 0 Å². The average Bonchev–Trinajstić information content (AvgIpc) is 3.20. The molecule has 2 aromatic carbocycles. The maximum Gasteiger partial charge on any atom is 0.265 e. The summed E-state index contributed by atoms with van der Waals surface area (Å²) in [7, 11) is 0. The van der Waals surface area contributed by atoms with Gasteiger partial charge in [0.25, 0.3) is 5.91 Å². The first-order chi connectivity index (χ1) is 14.5. The van der Waals surface area contributed by atoms with Crippen LogP contribution in [0.4, 0.5) is 10.7 Å². The van der Waals surface area contributed by atoms with Crippen molar-refractivity contribution in [2.75, 3.05) is 36.5 Å². The molecular formula is C23H23N3O3S. The van der Waals surface area contributed by atoms with Gasteiger partial charge in [-0.3, -0.25) is 9.59 Å². The first kappa shape index (κ1) is 20.1. The summed E-state index contributed by atoms with van der Waals surface area (Å²) in [5.41, 5.74) is 9.30. The Morgan fingerprint density at radius 1 is 1.07 bits per heavy atom. The van der Waals surface area contributed by atoms with Gasteiger partial charge in [-0.2, -0.15) is 0 Å². The molecule has 2 heterocycles. The maximum atomic E-state index is 13.0. The number of anilines is 2. The van der Waals surface area contributed by atoms with E-state index in [-0.39, 0.29) is 5.91 Å². The van der Waals surface area contributed by atoms with Crippen LogP contribution in [0.15, 0.2) is 54.6 Å². The maximum absolute atomic E-state index is 13.0. The van der Waals surface area contributed by atoms with Crippen LogP contribution in [0.1, 0.15) is 25.6 Å². The van der Waals surface area contributed by atoms with Gasteiger partial charge in [0.1, 0.15) is 0 Å². The fourth-order valence-corrected chi connectivity index (χ4v) is 4.66. The van der Waals surface area contributed by atoms with Gasteiger partial charge >= 0.3 is 0 Å². The monoisotopic (exact) mass is 421 g/mol. The Kier molecular flexibility index (Phi) is 5.83. The molecule has 4 rings (SSSR count). The molecule has 1 fully saturated rings. The third-order valence-electron chi connectivity index (χ3n) is 5.07. The largest absolute Gasteiger partial charge is 0.378 e. The normalized spacial score (nSPS) is 13.8. The van der Waals surface area contributed by atoms with Crippen molar-refractivity contribution < 1.29 is 14.3 Å². The second-order valence-corrected chi connectivity index (χ2v) is 8.17. The highest BCUT2D eigenvalue weighted by molar-refractivity contribution is 7.18. The molecule has 154 valence electrons. The summed E-state index contributed by atoms with van der Waals surface area (Å²) in [6.45, 7) is 4.76. The predicted octanol–water partition coefficient (Wildman–Crippen LogP) is 3.91. The van der Waals surface area contributed by atoms with Crippen molar-refractivity contribution in [3.63, 3.8) is 0 Å². The van der Waals surface area contributed by atoms with Crippen LogP contribution in [-0.4, -0.2) is 38.1 Å². The van der Waals surface area contributed by atoms with E-state index in [1.807, 2.05) is 24.3 Å². The first-order valence-electron chi connectivity index (χ1n) is 9.76. The fourth-order valence-electron chi connectivity index (χ4n) is 3.53. The van der Waals surface area contributed by atoms with Crippen molar-refractivity contribution in [1.82, 2.24) is 0 Å². The molecule has 3 N–H and O–H groups in total. The number of rotatable bonds is 5. The topological polar surface area (TPSA) is 84.7 Å². The van der Waals surface area contributed by atoms with Crippen LogP contribution in [-0.2, 0) is 4.74 Å². The third-order valence-corrected chi connectivity index (χ3v) is 6.26. The summed E-state index contributed by atoms with van der Waals surface area (Å²) in [4.78, 5) is 27.3.